The standard InChI is InChI=1S/C10H14BrClS/c1-7(2)8(5-6-12)9-3-4-10(11)13-9/h3-4,7-8H,5-6H2,1-2H3. The minimum atomic E-state index is 0.619. The fraction of sp³-hybridized carbons (Fsp3) is 0.600. The number of rotatable bonds is 4. The molecule has 1 rings (SSSR count). The van der Waals surface area contributed by atoms with E-state index in [2.05, 4.69) is 41.9 Å². The highest BCUT2D eigenvalue weighted by atomic mass is 79.9. The molecule has 0 fully saturated rings. The molecular formula is C10H14BrClS. The zero-order valence-electron chi connectivity index (χ0n) is 7.89. The first-order valence-corrected chi connectivity index (χ1v) is 6.60. The zero-order valence-corrected chi connectivity index (χ0v) is 11.0. The van der Waals surface area contributed by atoms with Crippen molar-refractivity contribution in [1.82, 2.24) is 0 Å². The monoisotopic (exact) mass is 280 g/mol. The average molecular weight is 282 g/mol. The van der Waals surface area contributed by atoms with E-state index in [9.17, 15) is 0 Å². The van der Waals surface area contributed by atoms with Gasteiger partial charge in [-0.3, -0.25) is 0 Å². The SMILES string of the molecule is CC(C)C(CCCl)c1ccc(Br)s1. The van der Waals surface area contributed by atoms with Gasteiger partial charge in [-0.15, -0.1) is 22.9 Å². The second-order valence-corrected chi connectivity index (χ2v) is 6.34. The van der Waals surface area contributed by atoms with Crippen LogP contribution in [0.3, 0.4) is 0 Å². The smallest absolute Gasteiger partial charge is 0.0701 e. The van der Waals surface area contributed by atoms with E-state index in [0.29, 0.717) is 11.8 Å². The zero-order chi connectivity index (χ0) is 9.84. The molecule has 1 unspecified atom stereocenters. The number of halogens is 2. The Hall–Kier alpha value is 0.470. The topological polar surface area (TPSA) is 0 Å². The van der Waals surface area contributed by atoms with Gasteiger partial charge in [0.05, 0.1) is 3.79 Å². The molecule has 0 bridgehead atoms. The summed E-state index contributed by atoms with van der Waals surface area (Å²) in [5.74, 6) is 2.04. The summed E-state index contributed by atoms with van der Waals surface area (Å²) in [7, 11) is 0. The predicted octanol–water partition coefficient (Wildman–Crippen LogP) is 4.88. The lowest BCUT2D eigenvalue weighted by molar-refractivity contribution is 0.494. The molecule has 0 saturated heterocycles. The molecule has 74 valence electrons. The van der Waals surface area contributed by atoms with E-state index in [1.165, 1.54) is 8.66 Å². The van der Waals surface area contributed by atoms with Gasteiger partial charge in [-0.2, -0.15) is 0 Å². The largest absolute Gasteiger partial charge is 0.133 e. The van der Waals surface area contributed by atoms with Crippen LogP contribution >= 0.6 is 38.9 Å². The third-order valence-electron chi connectivity index (χ3n) is 2.18. The van der Waals surface area contributed by atoms with E-state index in [1.54, 1.807) is 0 Å². The molecular weight excluding hydrogens is 268 g/mol. The lowest BCUT2D eigenvalue weighted by atomic mass is 9.92. The highest BCUT2D eigenvalue weighted by Crippen LogP contribution is 2.35. The van der Waals surface area contributed by atoms with E-state index in [-0.39, 0.29) is 0 Å². The third kappa shape index (κ3) is 3.26. The van der Waals surface area contributed by atoms with Crippen LogP contribution < -0.4 is 0 Å². The first kappa shape index (κ1) is 11.5. The van der Waals surface area contributed by atoms with Gasteiger partial charge in [0.1, 0.15) is 0 Å². The van der Waals surface area contributed by atoms with E-state index >= 15 is 0 Å². The molecule has 1 atom stereocenters. The minimum Gasteiger partial charge on any atom is -0.133 e. The van der Waals surface area contributed by atoms with Crippen LogP contribution in [0.4, 0.5) is 0 Å². The van der Waals surface area contributed by atoms with Gasteiger partial charge in [0.15, 0.2) is 0 Å². The van der Waals surface area contributed by atoms with Crippen LogP contribution in [0.25, 0.3) is 0 Å². The molecule has 0 nitrogen and oxygen atoms in total. The quantitative estimate of drug-likeness (QED) is 0.690. The molecule has 1 heterocycles. The number of hydrogen-bond donors (Lipinski definition) is 0. The van der Waals surface area contributed by atoms with Crippen molar-refractivity contribution >= 4 is 38.9 Å². The highest BCUT2D eigenvalue weighted by molar-refractivity contribution is 9.11. The van der Waals surface area contributed by atoms with Crippen molar-refractivity contribution in [3.05, 3.63) is 20.8 Å². The molecule has 1 aromatic heterocycles. The molecule has 13 heavy (non-hydrogen) atoms. The summed E-state index contributed by atoms with van der Waals surface area (Å²) >= 11 is 11.1. The van der Waals surface area contributed by atoms with Gasteiger partial charge in [-0.1, -0.05) is 13.8 Å². The van der Waals surface area contributed by atoms with Crippen molar-refractivity contribution in [2.45, 2.75) is 26.2 Å². The molecule has 0 saturated carbocycles. The third-order valence-corrected chi connectivity index (χ3v) is 4.16. The normalized spacial score (nSPS) is 13.6. The van der Waals surface area contributed by atoms with Crippen LogP contribution in [-0.4, -0.2) is 5.88 Å². The maximum absolute atomic E-state index is 5.79. The highest BCUT2D eigenvalue weighted by Gasteiger charge is 2.16. The number of thiophene rings is 1. The lowest BCUT2D eigenvalue weighted by Crippen LogP contribution is -2.05. The second-order valence-electron chi connectivity index (χ2n) is 3.47. The van der Waals surface area contributed by atoms with Crippen molar-refractivity contribution in [2.24, 2.45) is 5.92 Å². The van der Waals surface area contributed by atoms with E-state index in [0.717, 1.165) is 12.3 Å². The van der Waals surface area contributed by atoms with Crippen LogP contribution in [0.15, 0.2) is 15.9 Å². The van der Waals surface area contributed by atoms with Crippen molar-refractivity contribution in [2.75, 3.05) is 5.88 Å². The molecule has 1 aromatic rings. The van der Waals surface area contributed by atoms with Gasteiger partial charge in [0, 0.05) is 10.8 Å². The molecule has 0 aliphatic carbocycles. The second kappa shape index (κ2) is 5.38. The van der Waals surface area contributed by atoms with Gasteiger partial charge < -0.3 is 0 Å². The summed E-state index contributed by atoms with van der Waals surface area (Å²) in [5, 5.41) is 0. The molecule has 0 spiro atoms. The van der Waals surface area contributed by atoms with Gasteiger partial charge in [-0.25, -0.2) is 0 Å². The Labute approximate surface area is 97.4 Å². The Bertz CT molecular complexity index is 257. The summed E-state index contributed by atoms with van der Waals surface area (Å²) in [6, 6.07) is 4.32. The van der Waals surface area contributed by atoms with Crippen molar-refractivity contribution in [3.8, 4) is 0 Å². The van der Waals surface area contributed by atoms with E-state index < -0.39 is 0 Å². The molecule has 0 aromatic carbocycles. The summed E-state index contributed by atoms with van der Waals surface area (Å²) in [4.78, 5) is 1.45. The van der Waals surface area contributed by atoms with Crippen molar-refractivity contribution in [1.29, 1.82) is 0 Å². The number of alkyl halides is 1. The van der Waals surface area contributed by atoms with Crippen molar-refractivity contribution in [3.63, 3.8) is 0 Å². The Morgan fingerprint density at radius 3 is 2.54 bits per heavy atom. The van der Waals surface area contributed by atoms with Gasteiger partial charge in [0.2, 0.25) is 0 Å². The first-order chi connectivity index (χ1) is 6.15. The molecule has 3 heteroatoms. The van der Waals surface area contributed by atoms with E-state index in [4.69, 9.17) is 11.6 Å². The molecule has 0 aliphatic rings. The van der Waals surface area contributed by atoms with Crippen LogP contribution in [0.2, 0.25) is 0 Å². The Morgan fingerprint density at radius 1 is 1.46 bits per heavy atom. The summed E-state index contributed by atoms with van der Waals surface area (Å²) < 4.78 is 1.21. The predicted molar refractivity (Wildman–Crippen MR) is 64.9 cm³/mol. The lowest BCUT2D eigenvalue weighted by Gasteiger charge is -2.17. The Kier molecular flexibility index (Phi) is 4.77. The minimum absolute atomic E-state index is 0.619. The Balaban J connectivity index is 2.75. The fourth-order valence-electron chi connectivity index (χ4n) is 1.45. The average Bonchev–Trinajstić information content (AvgIpc) is 2.46. The maximum atomic E-state index is 5.79. The summed E-state index contributed by atoms with van der Waals surface area (Å²) in [6.45, 7) is 4.51. The fourth-order valence-corrected chi connectivity index (χ4v) is 3.42. The molecule has 0 N–H and O–H groups in total. The van der Waals surface area contributed by atoms with Gasteiger partial charge in [0.25, 0.3) is 0 Å². The Morgan fingerprint density at radius 2 is 2.15 bits per heavy atom. The number of hydrogen-bond acceptors (Lipinski definition) is 1. The van der Waals surface area contributed by atoms with Crippen LogP contribution in [0, 0.1) is 5.92 Å². The van der Waals surface area contributed by atoms with Crippen LogP contribution in [-0.2, 0) is 0 Å². The van der Waals surface area contributed by atoms with E-state index in [1.807, 2.05) is 11.3 Å². The van der Waals surface area contributed by atoms with Gasteiger partial charge >= 0.3 is 0 Å². The summed E-state index contributed by atoms with van der Waals surface area (Å²) in [6.07, 6.45) is 1.08. The van der Waals surface area contributed by atoms with Crippen molar-refractivity contribution < 1.29 is 0 Å². The van der Waals surface area contributed by atoms with Gasteiger partial charge in [-0.05, 0) is 46.3 Å². The summed E-state index contributed by atoms with van der Waals surface area (Å²) in [5.41, 5.74) is 0. The van der Waals surface area contributed by atoms with Crippen LogP contribution in [0.5, 0.6) is 0 Å². The maximum Gasteiger partial charge on any atom is 0.0701 e. The first-order valence-electron chi connectivity index (χ1n) is 4.46. The molecule has 0 amide bonds. The molecule has 0 aliphatic heterocycles. The van der Waals surface area contributed by atoms with Crippen LogP contribution in [0.1, 0.15) is 31.1 Å². The molecule has 0 radical (unpaired) electrons.